The van der Waals surface area contributed by atoms with Crippen LogP contribution in [0.1, 0.15) is 17.5 Å². The van der Waals surface area contributed by atoms with Gasteiger partial charge in [-0.3, -0.25) is 4.99 Å². The molecule has 2 aliphatic rings. The van der Waals surface area contributed by atoms with Crippen LogP contribution in [0.15, 0.2) is 88.7 Å². The molecule has 2 heterocycles. The van der Waals surface area contributed by atoms with Crippen molar-refractivity contribution in [1.29, 1.82) is 0 Å². The van der Waals surface area contributed by atoms with Crippen LogP contribution in [-0.2, 0) is 0 Å². The van der Waals surface area contributed by atoms with E-state index in [0.717, 1.165) is 34.8 Å². The SMILES string of the molecule is C=CCNC1=Nc2ccccc2C(c2ccccc2)=NC1C1CC=CS1. The minimum Gasteiger partial charge on any atom is -0.368 e. The Morgan fingerprint density at radius 2 is 1.92 bits per heavy atom. The molecule has 0 aromatic heterocycles. The highest BCUT2D eigenvalue weighted by Gasteiger charge is 2.30. The van der Waals surface area contributed by atoms with Crippen molar-refractivity contribution in [3.05, 3.63) is 89.9 Å². The predicted molar refractivity (Wildman–Crippen MR) is 113 cm³/mol. The van der Waals surface area contributed by atoms with Gasteiger partial charge in [0.15, 0.2) is 0 Å². The molecule has 2 aliphatic heterocycles. The fourth-order valence-corrected chi connectivity index (χ4v) is 4.23. The van der Waals surface area contributed by atoms with Gasteiger partial charge in [0.05, 0.1) is 11.4 Å². The summed E-state index contributed by atoms with van der Waals surface area (Å²) in [6.07, 6.45) is 5.08. The first-order chi connectivity index (χ1) is 12.9. The molecule has 0 saturated carbocycles. The van der Waals surface area contributed by atoms with Crippen molar-refractivity contribution in [3.8, 4) is 0 Å². The molecular weight excluding hydrogens is 338 g/mol. The average molecular weight is 359 g/mol. The minimum atomic E-state index is -0.0162. The highest BCUT2D eigenvalue weighted by molar-refractivity contribution is 8.03. The number of amidine groups is 1. The lowest BCUT2D eigenvalue weighted by molar-refractivity contribution is 0.768. The summed E-state index contributed by atoms with van der Waals surface area (Å²) in [6, 6.07) is 18.6. The number of thioether (sulfide) groups is 1. The average Bonchev–Trinajstić information content (AvgIpc) is 3.16. The molecule has 0 amide bonds. The highest BCUT2D eigenvalue weighted by atomic mass is 32.2. The standard InChI is InChI=1S/C22H21N3S/c1-2-14-23-22-21(19-13-8-15-26-19)25-20(16-9-4-3-5-10-16)17-11-6-7-12-18(17)24-22/h2-12,15,19,21H,1,13-14H2,(H,23,24). The van der Waals surface area contributed by atoms with Crippen molar-refractivity contribution in [2.24, 2.45) is 9.98 Å². The lowest BCUT2D eigenvalue weighted by Crippen LogP contribution is -2.39. The molecule has 3 nitrogen and oxygen atoms in total. The van der Waals surface area contributed by atoms with E-state index in [0.29, 0.717) is 11.8 Å². The molecule has 2 unspecified atom stereocenters. The van der Waals surface area contributed by atoms with Crippen LogP contribution < -0.4 is 5.32 Å². The fourth-order valence-electron chi connectivity index (χ4n) is 3.25. The minimum absolute atomic E-state index is 0.0162. The van der Waals surface area contributed by atoms with Crippen LogP contribution in [0.3, 0.4) is 0 Å². The zero-order chi connectivity index (χ0) is 17.8. The first-order valence-corrected chi connectivity index (χ1v) is 9.77. The van der Waals surface area contributed by atoms with E-state index in [2.05, 4.69) is 65.8 Å². The predicted octanol–water partition coefficient (Wildman–Crippen LogP) is 4.73. The maximum absolute atomic E-state index is 5.23. The first-order valence-electron chi connectivity index (χ1n) is 8.83. The molecule has 0 spiro atoms. The molecule has 2 aromatic rings. The zero-order valence-corrected chi connectivity index (χ0v) is 15.3. The molecule has 130 valence electrons. The van der Waals surface area contributed by atoms with Gasteiger partial charge in [-0.1, -0.05) is 60.7 Å². The van der Waals surface area contributed by atoms with Crippen LogP contribution in [0.5, 0.6) is 0 Å². The molecule has 1 N–H and O–H groups in total. The molecule has 0 aliphatic carbocycles. The van der Waals surface area contributed by atoms with Gasteiger partial charge >= 0.3 is 0 Å². The molecule has 0 bridgehead atoms. The van der Waals surface area contributed by atoms with E-state index >= 15 is 0 Å². The Kier molecular flexibility index (Phi) is 5.02. The fraction of sp³-hybridized carbons (Fsp3) is 0.182. The van der Waals surface area contributed by atoms with Crippen LogP contribution in [0.2, 0.25) is 0 Å². The van der Waals surface area contributed by atoms with Crippen LogP contribution >= 0.6 is 11.8 Å². The van der Waals surface area contributed by atoms with E-state index < -0.39 is 0 Å². The van der Waals surface area contributed by atoms with Crippen molar-refractivity contribution < 1.29 is 0 Å². The first kappa shape index (κ1) is 16.9. The van der Waals surface area contributed by atoms with Crippen molar-refractivity contribution in [3.63, 3.8) is 0 Å². The number of nitrogens with zero attached hydrogens (tertiary/aromatic N) is 2. The third-order valence-corrected chi connectivity index (χ3v) is 5.64. The zero-order valence-electron chi connectivity index (χ0n) is 14.5. The summed E-state index contributed by atoms with van der Waals surface area (Å²) in [5, 5.41) is 5.97. The number of allylic oxidation sites excluding steroid dienone is 1. The summed E-state index contributed by atoms with van der Waals surface area (Å²) in [5.74, 6) is 0.921. The van der Waals surface area contributed by atoms with Crippen LogP contribution in [0, 0.1) is 0 Å². The molecule has 2 aromatic carbocycles. The van der Waals surface area contributed by atoms with Gasteiger partial charge in [0.2, 0.25) is 0 Å². The summed E-state index contributed by atoms with van der Waals surface area (Å²) in [7, 11) is 0. The van der Waals surface area contributed by atoms with Crippen molar-refractivity contribution in [2.45, 2.75) is 17.7 Å². The van der Waals surface area contributed by atoms with E-state index in [9.17, 15) is 0 Å². The number of rotatable bonds is 4. The molecule has 2 atom stereocenters. The van der Waals surface area contributed by atoms with Crippen LogP contribution in [0.4, 0.5) is 5.69 Å². The van der Waals surface area contributed by atoms with Gasteiger partial charge in [0.1, 0.15) is 11.9 Å². The number of aliphatic imine (C=N–C) groups is 2. The largest absolute Gasteiger partial charge is 0.368 e. The number of hydrogen-bond donors (Lipinski definition) is 1. The maximum atomic E-state index is 5.23. The monoisotopic (exact) mass is 359 g/mol. The summed E-state index contributed by atoms with van der Waals surface area (Å²) >= 11 is 1.84. The van der Waals surface area contributed by atoms with Gasteiger partial charge in [0, 0.05) is 22.9 Å². The molecule has 4 heteroatoms. The third-order valence-electron chi connectivity index (χ3n) is 4.49. The second kappa shape index (κ2) is 7.75. The summed E-state index contributed by atoms with van der Waals surface area (Å²) < 4.78 is 0. The molecule has 0 radical (unpaired) electrons. The van der Waals surface area contributed by atoms with Gasteiger partial charge in [-0.25, -0.2) is 4.99 Å². The quantitative estimate of drug-likeness (QED) is 0.801. The van der Waals surface area contributed by atoms with Crippen LogP contribution in [-0.4, -0.2) is 29.4 Å². The Morgan fingerprint density at radius 3 is 2.69 bits per heavy atom. The topological polar surface area (TPSA) is 36.8 Å². The van der Waals surface area contributed by atoms with Crippen molar-refractivity contribution >= 4 is 29.0 Å². The Morgan fingerprint density at radius 1 is 1.12 bits per heavy atom. The van der Waals surface area contributed by atoms with E-state index in [1.165, 1.54) is 0 Å². The highest BCUT2D eigenvalue weighted by Crippen LogP contribution is 2.33. The van der Waals surface area contributed by atoms with Crippen molar-refractivity contribution in [2.75, 3.05) is 6.54 Å². The van der Waals surface area contributed by atoms with Gasteiger partial charge in [-0.05, 0) is 17.9 Å². The normalized spacial score (nSPS) is 21.4. The molecule has 4 rings (SSSR count). The second-order valence-corrected chi connectivity index (χ2v) is 7.40. The molecule has 0 saturated heterocycles. The van der Waals surface area contributed by atoms with E-state index in [1.807, 2.05) is 30.0 Å². The lowest BCUT2D eigenvalue weighted by atomic mass is 10.0. The molecular formula is C22H21N3S. The Labute approximate surface area is 158 Å². The molecule has 0 fully saturated rings. The smallest absolute Gasteiger partial charge is 0.129 e. The van der Waals surface area contributed by atoms with E-state index in [1.54, 1.807) is 0 Å². The summed E-state index contributed by atoms with van der Waals surface area (Å²) in [5.41, 5.74) is 4.18. The summed E-state index contributed by atoms with van der Waals surface area (Å²) in [4.78, 5) is 10.2. The summed E-state index contributed by atoms with van der Waals surface area (Å²) in [6.45, 7) is 4.51. The maximum Gasteiger partial charge on any atom is 0.129 e. The number of hydrogen-bond acceptors (Lipinski definition) is 4. The Bertz CT molecular complexity index is 875. The van der Waals surface area contributed by atoms with E-state index in [-0.39, 0.29) is 6.04 Å². The Balaban J connectivity index is 1.86. The second-order valence-electron chi connectivity index (χ2n) is 6.25. The van der Waals surface area contributed by atoms with Gasteiger partial charge in [-0.2, -0.15) is 0 Å². The Hall–Kier alpha value is -2.59. The van der Waals surface area contributed by atoms with Crippen molar-refractivity contribution in [1.82, 2.24) is 5.32 Å². The number of nitrogens with one attached hydrogen (secondary N) is 1. The number of para-hydroxylation sites is 1. The molecule has 26 heavy (non-hydrogen) atoms. The van der Waals surface area contributed by atoms with E-state index in [4.69, 9.17) is 9.98 Å². The number of fused-ring (bicyclic) bond motifs is 1. The lowest BCUT2D eigenvalue weighted by Gasteiger charge is -2.21. The van der Waals surface area contributed by atoms with Gasteiger partial charge < -0.3 is 5.32 Å². The van der Waals surface area contributed by atoms with Gasteiger partial charge in [0.25, 0.3) is 0 Å². The van der Waals surface area contributed by atoms with Crippen LogP contribution in [0.25, 0.3) is 0 Å². The number of benzene rings is 2. The van der Waals surface area contributed by atoms with Gasteiger partial charge in [-0.15, -0.1) is 18.3 Å². The third kappa shape index (κ3) is 3.37.